The molecule has 0 aromatic carbocycles. The van der Waals surface area contributed by atoms with Crippen LogP contribution in [-0.2, 0) is 22.3 Å². The fourth-order valence-electron chi connectivity index (χ4n) is 1.87. The highest BCUT2D eigenvalue weighted by atomic mass is 32.2. The van der Waals surface area contributed by atoms with Gasteiger partial charge in [-0.15, -0.1) is 0 Å². The predicted molar refractivity (Wildman–Crippen MR) is 103 cm³/mol. The molecule has 28 heavy (non-hydrogen) atoms. The number of ether oxygens (including phenoxy) is 1. The van der Waals surface area contributed by atoms with Crippen molar-refractivity contribution in [2.75, 3.05) is 0 Å². The molecule has 1 amide bonds. The first-order valence-electron chi connectivity index (χ1n) is 8.54. The summed E-state index contributed by atoms with van der Waals surface area (Å²) in [7, 11) is 0. The van der Waals surface area contributed by atoms with Crippen LogP contribution >= 0.6 is 0 Å². The minimum absolute atomic E-state index is 0.139. The lowest BCUT2D eigenvalue weighted by molar-refractivity contribution is -0.141. The van der Waals surface area contributed by atoms with Crippen LogP contribution in [0.25, 0.3) is 0 Å². The molecule has 0 radical (unpaired) electrons. The predicted octanol–water partition coefficient (Wildman–Crippen LogP) is 4.26. The summed E-state index contributed by atoms with van der Waals surface area (Å²) >= 11 is -1.70. The van der Waals surface area contributed by atoms with Crippen molar-refractivity contribution in [1.82, 2.24) is 10.3 Å². The van der Waals surface area contributed by atoms with Crippen molar-refractivity contribution < 1.29 is 27.3 Å². The van der Waals surface area contributed by atoms with Gasteiger partial charge in [-0.3, -0.25) is 4.98 Å². The van der Waals surface area contributed by atoms with Crippen LogP contribution in [0.1, 0.15) is 59.7 Å². The molecule has 2 atom stereocenters. The van der Waals surface area contributed by atoms with E-state index < -0.39 is 45.7 Å². The third-order valence-corrected chi connectivity index (χ3v) is 4.61. The molecule has 158 valence electrons. The summed E-state index contributed by atoms with van der Waals surface area (Å²) in [4.78, 5) is 15.5. The molecule has 1 aromatic rings. The topological polar surface area (TPSA) is 86.6 Å². The van der Waals surface area contributed by atoms with E-state index in [0.29, 0.717) is 0 Å². The molecule has 0 saturated carbocycles. The van der Waals surface area contributed by atoms with Crippen LogP contribution in [0.2, 0.25) is 0 Å². The van der Waals surface area contributed by atoms with E-state index in [4.69, 9.17) is 4.74 Å². The minimum atomic E-state index is -4.58. The Morgan fingerprint density at radius 2 is 1.79 bits per heavy atom. The molecule has 0 aliphatic carbocycles. The Hall–Kier alpha value is -1.81. The first-order valence-corrected chi connectivity index (χ1v) is 9.65. The van der Waals surface area contributed by atoms with Gasteiger partial charge in [-0.2, -0.15) is 13.2 Å². The van der Waals surface area contributed by atoms with Gasteiger partial charge in [0.25, 0.3) is 0 Å². The lowest BCUT2D eigenvalue weighted by atomic mass is 10.1. The van der Waals surface area contributed by atoms with E-state index in [2.05, 4.69) is 14.7 Å². The molecule has 0 saturated heterocycles. The largest absolute Gasteiger partial charge is 0.591 e. The van der Waals surface area contributed by atoms with Crippen molar-refractivity contribution in [1.29, 1.82) is 0 Å². The number of alkyl carbamates (subject to hydrolysis) is 1. The van der Waals surface area contributed by atoms with Crippen LogP contribution < -0.4 is 5.32 Å². The SMILES string of the molecule is C[C@H](NC(=O)OC(C)(C)C)/C(=N\[S+]([O-])C(C)(C)C)c1ccc(C(F)(F)F)nc1. The van der Waals surface area contributed by atoms with Crippen molar-refractivity contribution in [2.24, 2.45) is 4.40 Å². The molecule has 1 aromatic heterocycles. The van der Waals surface area contributed by atoms with Crippen molar-refractivity contribution in [2.45, 2.75) is 71.0 Å². The van der Waals surface area contributed by atoms with Crippen LogP contribution in [0, 0.1) is 0 Å². The quantitative estimate of drug-likeness (QED) is 0.581. The lowest BCUT2D eigenvalue weighted by Gasteiger charge is -2.24. The maximum Gasteiger partial charge on any atom is 0.433 e. The van der Waals surface area contributed by atoms with E-state index in [9.17, 15) is 22.5 Å². The maximum atomic E-state index is 12.8. The highest BCUT2D eigenvalue weighted by molar-refractivity contribution is 7.91. The van der Waals surface area contributed by atoms with Crippen LogP contribution in [0.15, 0.2) is 22.7 Å². The van der Waals surface area contributed by atoms with Crippen molar-refractivity contribution in [3.8, 4) is 0 Å². The summed E-state index contributed by atoms with van der Waals surface area (Å²) in [5.74, 6) is 0. The van der Waals surface area contributed by atoms with Crippen LogP contribution in [-0.4, -0.2) is 37.7 Å². The monoisotopic (exact) mass is 421 g/mol. The van der Waals surface area contributed by atoms with Crippen LogP contribution in [0.5, 0.6) is 0 Å². The molecule has 1 unspecified atom stereocenters. The first-order chi connectivity index (χ1) is 12.5. The number of nitrogens with zero attached hydrogens (tertiary/aromatic N) is 2. The number of halogens is 3. The Balaban J connectivity index is 3.23. The summed E-state index contributed by atoms with van der Waals surface area (Å²) in [5.41, 5.74) is -1.43. The third kappa shape index (κ3) is 7.67. The Labute approximate surface area is 166 Å². The summed E-state index contributed by atoms with van der Waals surface area (Å²) in [5, 5.41) is 2.56. The van der Waals surface area contributed by atoms with E-state index in [0.717, 1.165) is 12.3 Å². The van der Waals surface area contributed by atoms with Crippen LogP contribution in [0.4, 0.5) is 18.0 Å². The van der Waals surface area contributed by atoms with Gasteiger partial charge >= 0.3 is 12.3 Å². The summed E-state index contributed by atoms with van der Waals surface area (Å²) in [6, 6.07) is 1.21. The number of pyridine rings is 1. The van der Waals surface area contributed by atoms with E-state index in [1.54, 1.807) is 48.5 Å². The molecule has 0 aliphatic rings. The van der Waals surface area contributed by atoms with Gasteiger partial charge in [0.2, 0.25) is 0 Å². The molecule has 1 rings (SSSR count). The second kappa shape index (κ2) is 8.69. The molecule has 0 bridgehead atoms. The fourth-order valence-corrected chi connectivity index (χ4v) is 2.59. The molecule has 6 nitrogen and oxygen atoms in total. The Morgan fingerprint density at radius 3 is 2.18 bits per heavy atom. The number of carbonyl (C=O) groups is 1. The number of hydrogen-bond donors (Lipinski definition) is 1. The number of carbonyl (C=O) groups excluding carboxylic acids is 1. The fraction of sp³-hybridized carbons (Fsp3) is 0.611. The van der Waals surface area contributed by atoms with Crippen LogP contribution in [0.3, 0.4) is 0 Å². The highest BCUT2D eigenvalue weighted by Gasteiger charge is 2.33. The molecular formula is C18H26F3N3O3S. The van der Waals surface area contributed by atoms with Gasteiger partial charge in [0.05, 0.1) is 6.04 Å². The zero-order chi connectivity index (χ0) is 21.9. The van der Waals surface area contributed by atoms with Crippen molar-refractivity contribution in [3.05, 3.63) is 29.6 Å². The van der Waals surface area contributed by atoms with Gasteiger partial charge in [-0.05, 0) is 60.6 Å². The maximum absolute atomic E-state index is 12.8. The molecule has 0 spiro atoms. The summed E-state index contributed by atoms with van der Waals surface area (Å²) in [6.07, 6.45) is -4.31. The molecule has 1 heterocycles. The summed E-state index contributed by atoms with van der Waals surface area (Å²) in [6.45, 7) is 11.8. The van der Waals surface area contributed by atoms with Gasteiger partial charge < -0.3 is 14.6 Å². The van der Waals surface area contributed by atoms with Crippen molar-refractivity contribution in [3.63, 3.8) is 0 Å². The van der Waals surface area contributed by atoms with E-state index in [1.807, 2.05) is 0 Å². The molecule has 10 heteroatoms. The smallest absolute Gasteiger partial charge is 0.433 e. The normalized spacial score (nSPS) is 15.8. The zero-order valence-corrected chi connectivity index (χ0v) is 17.8. The zero-order valence-electron chi connectivity index (χ0n) is 17.0. The average Bonchev–Trinajstić information content (AvgIpc) is 2.48. The molecule has 1 N–H and O–H groups in total. The molecule has 0 aliphatic heterocycles. The lowest BCUT2D eigenvalue weighted by Crippen LogP contribution is -2.43. The standard InChI is InChI=1S/C18H26F3N3O3S/c1-11(23-15(25)27-16(2,3)4)14(24-28(26)17(5,6)7)12-8-9-13(22-10-12)18(19,20)21/h8-11H,1-7H3,(H,23,25)/b24-14+/t11-,28?/m0/s1. The van der Waals surface area contributed by atoms with Gasteiger partial charge in [-0.25, -0.2) is 4.79 Å². The van der Waals surface area contributed by atoms with E-state index in [1.165, 1.54) is 6.07 Å². The van der Waals surface area contributed by atoms with E-state index >= 15 is 0 Å². The Morgan fingerprint density at radius 1 is 1.21 bits per heavy atom. The highest BCUT2D eigenvalue weighted by Crippen LogP contribution is 2.27. The average molecular weight is 421 g/mol. The van der Waals surface area contributed by atoms with Gasteiger partial charge in [0.15, 0.2) is 0 Å². The minimum Gasteiger partial charge on any atom is -0.591 e. The summed E-state index contributed by atoms with van der Waals surface area (Å²) < 4.78 is 59.4. The number of rotatable bonds is 4. The second-order valence-corrected chi connectivity index (χ2v) is 10.0. The first kappa shape index (κ1) is 24.2. The number of nitrogens with one attached hydrogen (secondary N) is 1. The number of alkyl halides is 3. The van der Waals surface area contributed by atoms with Crippen molar-refractivity contribution >= 4 is 23.2 Å². The number of amides is 1. The van der Waals surface area contributed by atoms with Gasteiger partial charge in [0, 0.05) is 11.8 Å². The van der Waals surface area contributed by atoms with Gasteiger partial charge in [-0.1, -0.05) is 4.40 Å². The molecular weight excluding hydrogens is 395 g/mol. The molecule has 0 fully saturated rings. The second-order valence-electron chi connectivity index (χ2n) is 8.14. The van der Waals surface area contributed by atoms with Gasteiger partial charge in [0.1, 0.15) is 33.1 Å². The Kier molecular flexibility index (Phi) is 7.52. The number of aromatic nitrogens is 1. The number of hydrogen-bond acceptors (Lipinski definition) is 5. The van der Waals surface area contributed by atoms with E-state index in [-0.39, 0.29) is 11.3 Å². The Bertz CT molecular complexity index is 708. The third-order valence-electron chi connectivity index (χ3n) is 3.20.